The third-order valence-electron chi connectivity index (χ3n) is 2.70. The molecule has 2 aromatic carbocycles. The van der Waals surface area contributed by atoms with Crippen molar-refractivity contribution in [3.05, 3.63) is 59.2 Å². The summed E-state index contributed by atoms with van der Waals surface area (Å²) in [5.41, 5.74) is 5.60. The van der Waals surface area contributed by atoms with Crippen LogP contribution in [0.2, 0.25) is 0 Å². The van der Waals surface area contributed by atoms with Crippen LogP contribution in [-0.4, -0.2) is 12.9 Å². The Kier molecular flexibility index (Phi) is 3.46. The van der Waals surface area contributed by atoms with Gasteiger partial charge in [-0.3, -0.25) is 4.79 Å². The maximum atomic E-state index is 13.6. The first-order chi connectivity index (χ1) is 9.04. The number of ketones is 1. The van der Waals surface area contributed by atoms with Gasteiger partial charge in [-0.25, -0.2) is 8.78 Å². The van der Waals surface area contributed by atoms with Crippen LogP contribution in [0.3, 0.4) is 0 Å². The normalized spacial score (nSPS) is 10.3. The Bertz CT molecular complexity index is 641. The number of anilines is 1. The van der Waals surface area contributed by atoms with Crippen molar-refractivity contribution in [3.63, 3.8) is 0 Å². The molecular weight excluding hydrogens is 252 g/mol. The number of halogens is 2. The van der Waals surface area contributed by atoms with Crippen molar-refractivity contribution in [3.8, 4) is 5.75 Å². The van der Waals surface area contributed by atoms with E-state index in [1.54, 1.807) is 0 Å². The van der Waals surface area contributed by atoms with Gasteiger partial charge in [0, 0.05) is 17.3 Å². The van der Waals surface area contributed by atoms with Crippen molar-refractivity contribution < 1.29 is 18.3 Å². The molecule has 0 atom stereocenters. The quantitative estimate of drug-likeness (QED) is 0.684. The van der Waals surface area contributed by atoms with Gasteiger partial charge in [-0.1, -0.05) is 6.07 Å². The zero-order chi connectivity index (χ0) is 14.0. The summed E-state index contributed by atoms with van der Waals surface area (Å²) in [5, 5.41) is 0. The topological polar surface area (TPSA) is 52.3 Å². The Labute approximate surface area is 108 Å². The molecule has 0 amide bonds. The predicted molar refractivity (Wildman–Crippen MR) is 67.2 cm³/mol. The van der Waals surface area contributed by atoms with Gasteiger partial charge in [-0.2, -0.15) is 0 Å². The van der Waals surface area contributed by atoms with Crippen LogP contribution in [-0.2, 0) is 0 Å². The summed E-state index contributed by atoms with van der Waals surface area (Å²) in [4.78, 5) is 12.1. The summed E-state index contributed by atoms with van der Waals surface area (Å²) in [7, 11) is 1.46. The van der Waals surface area contributed by atoms with E-state index in [4.69, 9.17) is 10.5 Å². The second-order valence-electron chi connectivity index (χ2n) is 3.88. The summed E-state index contributed by atoms with van der Waals surface area (Å²) < 4.78 is 31.6. The summed E-state index contributed by atoms with van der Waals surface area (Å²) >= 11 is 0. The number of hydrogen-bond acceptors (Lipinski definition) is 3. The van der Waals surface area contributed by atoms with Gasteiger partial charge < -0.3 is 10.5 Å². The van der Waals surface area contributed by atoms with Crippen LogP contribution in [0.1, 0.15) is 15.9 Å². The minimum Gasteiger partial charge on any atom is -0.497 e. The van der Waals surface area contributed by atoms with Gasteiger partial charge in [0.2, 0.25) is 0 Å². The minimum absolute atomic E-state index is 0.102. The van der Waals surface area contributed by atoms with E-state index in [9.17, 15) is 13.6 Å². The highest BCUT2D eigenvalue weighted by molar-refractivity contribution is 6.12. The largest absolute Gasteiger partial charge is 0.497 e. The average molecular weight is 263 g/mol. The molecule has 2 N–H and O–H groups in total. The summed E-state index contributed by atoms with van der Waals surface area (Å²) in [6.45, 7) is 0. The fraction of sp³-hybridized carbons (Fsp3) is 0.0714. The van der Waals surface area contributed by atoms with Gasteiger partial charge in [0.15, 0.2) is 17.4 Å². The molecule has 0 aliphatic heterocycles. The van der Waals surface area contributed by atoms with E-state index in [2.05, 4.69) is 0 Å². The number of ether oxygens (including phenoxy) is 1. The number of nitrogen functional groups attached to an aromatic ring is 1. The highest BCUT2D eigenvalue weighted by Crippen LogP contribution is 2.23. The first kappa shape index (κ1) is 13.0. The van der Waals surface area contributed by atoms with E-state index < -0.39 is 17.4 Å². The lowest BCUT2D eigenvalue weighted by Crippen LogP contribution is -2.08. The molecule has 0 heterocycles. The molecule has 3 nitrogen and oxygen atoms in total. The monoisotopic (exact) mass is 263 g/mol. The molecule has 0 bridgehead atoms. The van der Waals surface area contributed by atoms with E-state index in [0.29, 0.717) is 5.75 Å². The van der Waals surface area contributed by atoms with Crippen molar-refractivity contribution in [1.82, 2.24) is 0 Å². The smallest absolute Gasteiger partial charge is 0.198 e. The van der Waals surface area contributed by atoms with Crippen LogP contribution >= 0.6 is 0 Å². The number of benzene rings is 2. The fourth-order valence-corrected chi connectivity index (χ4v) is 1.70. The van der Waals surface area contributed by atoms with Gasteiger partial charge in [-0.05, 0) is 24.3 Å². The van der Waals surface area contributed by atoms with E-state index >= 15 is 0 Å². The molecule has 2 aromatic rings. The summed E-state index contributed by atoms with van der Waals surface area (Å²) in [6, 6.07) is 7.82. The summed E-state index contributed by atoms with van der Waals surface area (Å²) in [5.74, 6) is -2.44. The first-order valence-electron chi connectivity index (χ1n) is 5.47. The van der Waals surface area contributed by atoms with Crippen LogP contribution in [0.15, 0.2) is 36.4 Å². The van der Waals surface area contributed by atoms with Crippen molar-refractivity contribution in [2.24, 2.45) is 0 Å². The molecule has 5 heteroatoms. The maximum absolute atomic E-state index is 13.6. The lowest BCUT2D eigenvalue weighted by molar-refractivity contribution is 0.103. The number of rotatable bonds is 3. The zero-order valence-corrected chi connectivity index (χ0v) is 10.1. The molecule has 0 radical (unpaired) electrons. The average Bonchev–Trinajstić information content (AvgIpc) is 2.41. The molecule has 0 aliphatic rings. The van der Waals surface area contributed by atoms with Crippen LogP contribution < -0.4 is 10.5 Å². The highest BCUT2D eigenvalue weighted by atomic mass is 19.2. The molecule has 0 saturated heterocycles. The van der Waals surface area contributed by atoms with E-state index in [1.807, 2.05) is 0 Å². The number of carbonyl (C=O) groups excluding carboxylic acids is 1. The Balaban J connectivity index is 2.47. The van der Waals surface area contributed by atoms with E-state index in [1.165, 1.54) is 37.4 Å². The second-order valence-corrected chi connectivity index (χ2v) is 3.88. The number of carbonyl (C=O) groups is 1. The highest BCUT2D eigenvalue weighted by Gasteiger charge is 2.18. The van der Waals surface area contributed by atoms with Gasteiger partial charge in [0.25, 0.3) is 0 Å². The Morgan fingerprint density at radius 3 is 2.53 bits per heavy atom. The third kappa shape index (κ3) is 2.40. The molecule has 0 unspecified atom stereocenters. The van der Waals surface area contributed by atoms with E-state index in [-0.39, 0.29) is 16.8 Å². The molecule has 0 aromatic heterocycles. The minimum atomic E-state index is -1.18. The Hall–Kier alpha value is -2.43. The maximum Gasteiger partial charge on any atom is 0.198 e. The van der Waals surface area contributed by atoms with Crippen molar-refractivity contribution in [1.29, 1.82) is 0 Å². The molecule has 19 heavy (non-hydrogen) atoms. The number of nitrogens with two attached hydrogens (primary N) is 1. The fourth-order valence-electron chi connectivity index (χ4n) is 1.70. The lowest BCUT2D eigenvalue weighted by atomic mass is 10.0. The van der Waals surface area contributed by atoms with Gasteiger partial charge in [0.05, 0.1) is 12.7 Å². The Morgan fingerprint density at radius 2 is 1.89 bits per heavy atom. The molecule has 0 spiro atoms. The number of hydrogen-bond donors (Lipinski definition) is 1. The molecule has 2 rings (SSSR count). The lowest BCUT2D eigenvalue weighted by Gasteiger charge is -2.08. The standard InChI is InChI=1S/C14H11F2NO2/c1-19-8-5-6-9(12(17)7-8)14(18)10-3-2-4-11(15)13(10)16/h2-7H,17H2,1H3. The van der Waals surface area contributed by atoms with Gasteiger partial charge in [0.1, 0.15) is 5.75 Å². The van der Waals surface area contributed by atoms with Crippen LogP contribution in [0.5, 0.6) is 5.75 Å². The van der Waals surface area contributed by atoms with E-state index in [0.717, 1.165) is 6.07 Å². The first-order valence-corrected chi connectivity index (χ1v) is 5.47. The number of methoxy groups -OCH3 is 1. The van der Waals surface area contributed by atoms with Gasteiger partial charge >= 0.3 is 0 Å². The Morgan fingerprint density at radius 1 is 1.16 bits per heavy atom. The second kappa shape index (κ2) is 5.06. The SMILES string of the molecule is COc1ccc(C(=O)c2cccc(F)c2F)c(N)c1. The van der Waals surface area contributed by atoms with Crippen molar-refractivity contribution in [2.75, 3.05) is 12.8 Å². The molecular formula is C14H11F2NO2. The van der Waals surface area contributed by atoms with Crippen molar-refractivity contribution >= 4 is 11.5 Å². The third-order valence-corrected chi connectivity index (χ3v) is 2.70. The molecule has 0 saturated carbocycles. The van der Waals surface area contributed by atoms with Crippen molar-refractivity contribution in [2.45, 2.75) is 0 Å². The molecule has 0 aliphatic carbocycles. The molecule has 0 fully saturated rings. The summed E-state index contributed by atoms with van der Waals surface area (Å²) in [6.07, 6.45) is 0. The zero-order valence-electron chi connectivity index (χ0n) is 10.1. The van der Waals surface area contributed by atoms with Crippen LogP contribution in [0.25, 0.3) is 0 Å². The van der Waals surface area contributed by atoms with Crippen LogP contribution in [0, 0.1) is 11.6 Å². The van der Waals surface area contributed by atoms with Crippen LogP contribution in [0.4, 0.5) is 14.5 Å². The van der Waals surface area contributed by atoms with Gasteiger partial charge in [-0.15, -0.1) is 0 Å². The predicted octanol–water partition coefficient (Wildman–Crippen LogP) is 2.79. The molecule has 98 valence electrons.